The van der Waals surface area contributed by atoms with Gasteiger partial charge in [0.1, 0.15) is 0 Å². The maximum atomic E-state index is 12.4. The van der Waals surface area contributed by atoms with Crippen molar-refractivity contribution < 1.29 is 13.2 Å². The lowest BCUT2D eigenvalue weighted by atomic mass is 10.3. The van der Waals surface area contributed by atoms with Gasteiger partial charge in [-0.15, -0.1) is 0 Å². The summed E-state index contributed by atoms with van der Waals surface area (Å²) in [5.74, 6) is -0.229. The van der Waals surface area contributed by atoms with Crippen molar-refractivity contribution in [2.75, 3.05) is 24.2 Å². The van der Waals surface area contributed by atoms with Crippen LogP contribution in [0.1, 0.15) is 13.8 Å². The maximum absolute atomic E-state index is 12.4. The molecule has 2 N–H and O–H groups in total. The van der Waals surface area contributed by atoms with Crippen LogP contribution in [0.5, 0.6) is 0 Å². The number of amides is 1. The number of aromatic amines is 1. The lowest BCUT2D eigenvalue weighted by molar-refractivity contribution is -0.113. The number of aromatic nitrogens is 2. The molecule has 0 aliphatic heterocycles. The molecular weight excluding hydrogens is 376 g/mol. The molecule has 10 heteroatoms. The molecule has 26 heavy (non-hydrogen) atoms. The molecule has 0 unspecified atom stereocenters. The number of hydrogen-bond acceptors (Lipinski definition) is 6. The van der Waals surface area contributed by atoms with Crippen molar-refractivity contribution in [1.82, 2.24) is 14.3 Å². The zero-order valence-electron chi connectivity index (χ0n) is 14.4. The molecule has 0 radical (unpaired) electrons. The van der Waals surface area contributed by atoms with Crippen molar-refractivity contribution in [3.63, 3.8) is 0 Å². The van der Waals surface area contributed by atoms with E-state index in [1.54, 1.807) is 26.0 Å². The monoisotopic (exact) mass is 396 g/mol. The Labute approximate surface area is 156 Å². The molecule has 0 saturated heterocycles. The van der Waals surface area contributed by atoms with Crippen LogP contribution in [-0.2, 0) is 14.8 Å². The highest BCUT2D eigenvalue weighted by Crippen LogP contribution is 2.19. The highest BCUT2D eigenvalue weighted by Gasteiger charge is 2.21. The van der Waals surface area contributed by atoms with Crippen LogP contribution in [0.25, 0.3) is 0 Å². The van der Waals surface area contributed by atoms with E-state index in [2.05, 4.69) is 15.3 Å². The average Bonchev–Trinajstić information content (AvgIpc) is 2.61. The number of benzene rings is 1. The molecule has 140 valence electrons. The van der Waals surface area contributed by atoms with Crippen molar-refractivity contribution in [2.24, 2.45) is 0 Å². The number of thioether (sulfide) groups is 1. The van der Waals surface area contributed by atoms with Crippen LogP contribution in [-0.4, -0.2) is 47.4 Å². The van der Waals surface area contributed by atoms with Gasteiger partial charge >= 0.3 is 0 Å². The Hall–Kier alpha value is -2.17. The number of rotatable bonds is 8. The van der Waals surface area contributed by atoms with Gasteiger partial charge in [-0.1, -0.05) is 25.6 Å². The van der Waals surface area contributed by atoms with Crippen LogP contribution in [0, 0.1) is 0 Å². The molecule has 0 aliphatic carbocycles. The maximum Gasteiger partial charge on any atom is 0.251 e. The van der Waals surface area contributed by atoms with E-state index in [1.165, 1.54) is 28.7 Å². The molecule has 2 rings (SSSR count). The Bertz CT molecular complexity index is 906. The van der Waals surface area contributed by atoms with Gasteiger partial charge in [-0.3, -0.25) is 9.59 Å². The van der Waals surface area contributed by atoms with E-state index in [9.17, 15) is 18.0 Å². The second kappa shape index (κ2) is 8.97. The van der Waals surface area contributed by atoms with E-state index >= 15 is 0 Å². The Morgan fingerprint density at radius 1 is 1.19 bits per heavy atom. The van der Waals surface area contributed by atoms with Gasteiger partial charge in [-0.2, -0.15) is 4.31 Å². The van der Waals surface area contributed by atoms with E-state index < -0.39 is 10.0 Å². The van der Waals surface area contributed by atoms with Gasteiger partial charge in [0.15, 0.2) is 5.16 Å². The highest BCUT2D eigenvalue weighted by molar-refractivity contribution is 7.99. The minimum absolute atomic E-state index is 0.0620. The number of nitrogens with zero attached hydrogens (tertiary/aromatic N) is 2. The molecule has 8 nitrogen and oxygen atoms in total. The van der Waals surface area contributed by atoms with Crippen molar-refractivity contribution >= 4 is 33.4 Å². The van der Waals surface area contributed by atoms with E-state index in [0.29, 0.717) is 23.9 Å². The van der Waals surface area contributed by atoms with Crippen molar-refractivity contribution in [1.29, 1.82) is 0 Å². The van der Waals surface area contributed by atoms with Gasteiger partial charge in [0, 0.05) is 31.0 Å². The Morgan fingerprint density at radius 2 is 1.85 bits per heavy atom. The van der Waals surface area contributed by atoms with E-state index in [0.717, 1.165) is 11.8 Å². The van der Waals surface area contributed by atoms with Crippen LogP contribution >= 0.6 is 11.8 Å². The summed E-state index contributed by atoms with van der Waals surface area (Å²) in [6.07, 6.45) is 1.37. The SMILES string of the molecule is CCN(CC)S(=O)(=O)c1ccc(NC(=O)CSc2nccc(=O)[nH]2)cc1. The molecule has 1 heterocycles. The third-order valence-corrected chi connectivity index (χ3v) is 6.42. The number of hydrogen-bond donors (Lipinski definition) is 2. The summed E-state index contributed by atoms with van der Waals surface area (Å²) < 4.78 is 26.2. The third-order valence-electron chi connectivity index (χ3n) is 3.47. The standard InChI is InChI=1S/C16H20N4O4S2/c1-3-20(4-2)26(23,24)13-7-5-12(6-8-13)18-15(22)11-25-16-17-10-9-14(21)19-16/h5-10H,3-4,11H2,1-2H3,(H,18,22)(H,17,19,21). The highest BCUT2D eigenvalue weighted by atomic mass is 32.2. The fourth-order valence-corrected chi connectivity index (χ4v) is 4.29. The van der Waals surface area contributed by atoms with Crippen molar-refractivity contribution in [3.05, 3.63) is 46.9 Å². The zero-order valence-corrected chi connectivity index (χ0v) is 16.1. The lowest BCUT2D eigenvalue weighted by Crippen LogP contribution is -2.30. The molecule has 0 saturated carbocycles. The summed E-state index contributed by atoms with van der Waals surface area (Å²) in [6, 6.07) is 7.31. The quantitative estimate of drug-likeness (QED) is 0.517. The first-order valence-corrected chi connectivity index (χ1v) is 10.4. The molecule has 1 aromatic carbocycles. The molecule has 1 aromatic heterocycles. The first-order valence-electron chi connectivity index (χ1n) is 7.95. The van der Waals surface area contributed by atoms with Crippen LogP contribution in [0.15, 0.2) is 51.4 Å². The molecule has 1 amide bonds. The summed E-state index contributed by atoms with van der Waals surface area (Å²) in [5, 5.41) is 3.03. The molecule has 2 aromatic rings. The number of carbonyl (C=O) groups excluding carboxylic acids is 1. The Morgan fingerprint density at radius 3 is 2.42 bits per heavy atom. The summed E-state index contributed by atoms with van der Waals surface area (Å²) in [4.78, 5) is 29.8. The van der Waals surface area contributed by atoms with Gasteiger partial charge in [0.25, 0.3) is 5.56 Å². The van der Waals surface area contributed by atoms with Crippen molar-refractivity contribution in [2.45, 2.75) is 23.9 Å². The summed E-state index contributed by atoms with van der Waals surface area (Å²) >= 11 is 1.10. The minimum Gasteiger partial charge on any atom is -0.325 e. The summed E-state index contributed by atoms with van der Waals surface area (Å²) in [6.45, 7) is 4.35. The lowest BCUT2D eigenvalue weighted by Gasteiger charge is -2.18. The van der Waals surface area contributed by atoms with E-state index in [4.69, 9.17) is 0 Å². The fourth-order valence-electron chi connectivity index (χ4n) is 2.18. The number of anilines is 1. The Balaban J connectivity index is 1.98. The van der Waals surface area contributed by atoms with Gasteiger partial charge in [-0.25, -0.2) is 13.4 Å². The van der Waals surface area contributed by atoms with Crippen LogP contribution in [0.2, 0.25) is 0 Å². The molecule has 0 fully saturated rings. The predicted octanol–water partition coefficient (Wildman–Crippen LogP) is 1.53. The van der Waals surface area contributed by atoms with Gasteiger partial charge in [0.2, 0.25) is 15.9 Å². The minimum atomic E-state index is -3.52. The summed E-state index contributed by atoms with van der Waals surface area (Å²) in [7, 11) is -3.52. The van der Waals surface area contributed by atoms with Crippen molar-refractivity contribution in [3.8, 4) is 0 Å². The normalized spacial score (nSPS) is 11.5. The Kier molecular flexibility index (Phi) is 6.95. The third kappa shape index (κ3) is 5.16. The molecule has 0 bridgehead atoms. The first kappa shape index (κ1) is 20.1. The summed E-state index contributed by atoms with van der Waals surface area (Å²) in [5.41, 5.74) is 0.205. The topological polar surface area (TPSA) is 112 Å². The van der Waals surface area contributed by atoms with Crippen LogP contribution < -0.4 is 10.9 Å². The number of nitrogens with one attached hydrogen (secondary N) is 2. The van der Waals surface area contributed by atoms with E-state index in [-0.39, 0.29) is 22.1 Å². The number of H-pyrrole nitrogens is 1. The molecule has 0 spiro atoms. The molecule has 0 atom stereocenters. The van der Waals surface area contributed by atoms with Crippen LogP contribution in [0.4, 0.5) is 5.69 Å². The fraction of sp³-hybridized carbons (Fsp3) is 0.312. The second-order valence-electron chi connectivity index (χ2n) is 5.19. The predicted molar refractivity (Wildman–Crippen MR) is 101 cm³/mol. The smallest absolute Gasteiger partial charge is 0.251 e. The largest absolute Gasteiger partial charge is 0.325 e. The average molecular weight is 396 g/mol. The van der Waals surface area contributed by atoms with E-state index in [1.807, 2.05) is 0 Å². The van der Waals surface area contributed by atoms with Gasteiger partial charge in [0.05, 0.1) is 10.6 Å². The number of sulfonamides is 1. The first-order chi connectivity index (χ1) is 12.4. The second-order valence-corrected chi connectivity index (χ2v) is 8.09. The van der Waals surface area contributed by atoms with Gasteiger partial charge in [-0.05, 0) is 24.3 Å². The van der Waals surface area contributed by atoms with Gasteiger partial charge < -0.3 is 10.3 Å². The van der Waals surface area contributed by atoms with Crippen LogP contribution in [0.3, 0.4) is 0 Å². The molecule has 0 aliphatic rings. The zero-order chi connectivity index (χ0) is 19.2. The molecular formula is C16H20N4O4S2. The number of carbonyl (C=O) groups is 1.